The largest absolute Gasteiger partial charge is 0.479 e. The van der Waals surface area contributed by atoms with Gasteiger partial charge in [-0.25, -0.2) is 19.1 Å². The number of thioether (sulfide) groups is 2. The fourth-order valence-corrected chi connectivity index (χ4v) is 7.44. The van der Waals surface area contributed by atoms with E-state index in [1.54, 1.807) is 12.1 Å². The van der Waals surface area contributed by atoms with Crippen LogP contribution in [0.1, 0.15) is 18.4 Å². The monoisotopic (exact) mass is 643 g/mol. The number of carbonyl (C=O) groups excluding carboxylic acids is 1. The first-order chi connectivity index (χ1) is 19.0. The molecule has 2 aromatic rings. The third-order valence-electron chi connectivity index (χ3n) is 6.21. The minimum Gasteiger partial charge on any atom is -0.479 e. The molecule has 0 bridgehead atoms. The second kappa shape index (κ2) is 13.5. The smallest absolute Gasteiger partial charge is 0.352 e. The molecule has 0 radical (unpaired) electrons. The third kappa shape index (κ3) is 7.45. The maximum absolute atomic E-state index is 13.0. The number of aromatic nitrogens is 2. The zero-order chi connectivity index (χ0) is 29.0. The molecule has 4 N–H and O–H groups in total. The highest BCUT2D eigenvalue weighted by molar-refractivity contribution is 8.01. The first kappa shape index (κ1) is 30.5. The summed E-state index contributed by atoms with van der Waals surface area (Å²) in [6.45, 7) is 0.557. The number of fused-ring (bicyclic) bond motifs is 1. The lowest BCUT2D eigenvalue weighted by Crippen LogP contribution is -2.70. The number of hydrogen-bond donors (Lipinski definition) is 4. The predicted octanol–water partition coefficient (Wildman–Crippen LogP) is 2.78. The van der Waals surface area contributed by atoms with E-state index < -0.39 is 24.1 Å². The number of nitrogens with one attached hydrogen (secondary N) is 1. The van der Waals surface area contributed by atoms with E-state index in [1.807, 2.05) is 29.1 Å². The Hall–Kier alpha value is -2.42. The van der Waals surface area contributed by atoms with Gasteiger partial charge in [0.25, 0.3) is 5.91 Å². The molecule has 4 heterocycles. The van der Waals surface area contributed by atoms with E-state index in [0.717, 1.165) is 10.5 Å². The molecule has 2 aliphatic heterocycles. The van der Waals surface area contributed by atoms with Crippen molar-refractivity contribution in [3.8, 4) is 0 Å². The van der Waals surface area contributed by atoms with Crippen LogP contribution in [0.5, 0.6) is 0 Å². The fourth-order valence-electron chi connectivity index (χ4n) is 4.27. The van der Waals surface area contributed by atoms with Gasteiger partial charge in [-0.2, -0.15) is 0 Å². The number of amides is 1. The highest BCUT2D eigenvalue weighted by atomic mass is 35.5. The van der Waals surface area contributed by atoms with E-state index in [4.69, 9.17) is 40.5 Å². The number of nitrogens with zero attached hydrogens (tertiary/aromatic N) is 3. The molecule has 0 aromatic carbocycles. The van der Waals surface area contributed by atoms with Crippen molar-refractivity contribution in [2.75, 3.05) is 11.5 Å². The molecule has 0 aliphatic carbocycles. The molecule has 2 aliphatic rings. The number of aliphatic hydroxyl groups is 1. The van der Waals surface area contributed by atoms with Crippen LogP contribution in [-0.2, 0) is 27.3 Å². The van der Waals surface area contributed by atoms with Crippen LogP contribution in [0.3, 0.4) is 0 Å². The van der Waals surface area contributed by atoms with Crippen LogP contribution in [0.4, 0.5) is 0 Å². The summed E-state index contributed by atoms with van der Waals surface area (Å²) >= 11 is 20.3. The zero-order valence-electron chi connectivity index (χ0n) is 20.8. The van der Waals surface area contributed by atoms with Crippen molar-refractivity contribution in [3.05, 3.63) is 63.8 Å². The lowest BCUT2D eigenvalue weighted by atomic mass is 10.0. The summed E-state index contributed by atoms with van der Waals surface area (Å²) in [4.78, 5) is 42.5. The van der Waals surface area contributed by atoms with Gasteiger partial charge < -0.3 is 20.6 Å². The van der Waals surface area contributed by atoms with Gasteiger partial charge in [-0.15, -0.1) is 23.5 Å². The number of aryl methyl sites for hydroxylation is 1. The molecular weight excluding hydrogens is 619 g/mol. The number of carbonyl (C=O) groups is 3. The maximum Gasteiger partial charge on any atom is 0.352 e. The van der Waals surface area contributed by atoms with Gasteiger partial charge in [0, 0.05) is 41.4 Å². The van der Waals surface area contributed by atoms with Crippen LogP contribution in [0.2, 0.25) is 10.3 Å². The van der Waals surface area contributed by atoms with Crippen molar-refractivity contribution in [2.45, 2.75) is 48.2 Å². The van der Waals surface area contributed by atoms with Crippen LogP contribution in [0, 0.1) is 0 Å². The molecule has 1 fully saturated rings. The quantitative estimate of drug-likeness (QED) is 0.0891. The molecule has 10 nitrogen and oxygen atoms in total. The van der Waals surface area contributed by atoms with Gasteiger partial charge in [-0.1, -0.05) is 35.4 Å². The molecule has 4 rings (SSSR count). The number of β-lactam (4-membered cyclic amide) rings is 1. The Labute approximate surface area is 253 Å². The number of hydrogen-bond acceptors (Lipinski definition) is 8. The Morgan fingerprint density at radius 3 is 2.55 bits per heavy atom. The fraction of sp³-hybridized carbons (Fsp3) is 0.360. The Balaban J connectivity index is 1.33. The zero-order valence-corrected chi connectivity index (χ0v) is 24.8. The second-order valence-corrected chi connectivity index (χ2v) is 12.5. The van der Waals surface area contributed by atoms with Crippen LogP contribution in [-0.4, -0.2) is 77.1 Å². The van der Waals surface area contributed by atoms with Gasteiger partial charge in [-0.3, -0.25) is 9.69 Å². The van der Waals surface area contributed by atoms with Crippen LogP contribution in [0.15, 0.2) is 52.8 Å². The Bertz CT molecular complexity index is 1340. The first-order valence-corrected chi connectivity index (χ1v) is 15.3. The lowest BCUT2D eigenvalue weighted by molar-refractivity contribution is -0.697. The number of carboxylic acid groups (broad SMARTS) is 2. The molecule has 0 spiro atoms. The van der Waals surface area contributed by atoms with Gasteiger partial charge >= 0.3 is 11.9 Å². The van der Waals surface area contributed by atoms with Crippen molar-refractivity contribution < 1.29 is 34.3 Å². The molecule has 0 unspecified atom stereocenters. The van der Waals surface area contributed by atoms with Crippen LogP contribution < -0.4 is 9.88 Å². The average molecular weight is 645 g/mol. The molecule has 3 atom stereocenters. The van der Waals surface area contributed by atoms with Crippen LogP contribution in [0.25, 0.3) is 0 Å². The van der Waals surface area contributed by atoms with Crippen molar-refractivity contribution in [1.29, 1.82) is 0 Å². The number of carboxylic acids is 2. The summed E-state index contributed by atoms with van der Waals surface area (Å²) in [5.74, 6) is -1.86. The molecule has 15 heteroatoms. The minimum atomic E-state index is -1.37. The van der Waals surface area contributed by atoms with Gasteiger partial charge in [-0.05, 0) is 29.7 Å². The molecule has 212 valence electrons. The SMILES string of the molecule is O=C(O)C1=C(CSc2cc[n+](CCC[C@@H](O)C(=O)O)cc2)CS[C@@H]2[C@H](NC(=S)Cc3cc(Cl)nc(Cl)c3)C(=O)N12. The summed E-state index contributed by atoms with van der Waals surface area (Å²) in [5.41, 5.74) is 1.42. The minimum absolute atomic E-state index is 0.0147. The molecule has 1 amide bonds. The van der Waals surface area contributed by atoms with Crippen molar-refractivity contribution in [3.63, 3.8) is 0 Å². The van der Waals surface area contributed by atoms with Gasteiger partial charge in [0.2, 0.25) is 0 Å². The molecule has 2 aromatic heterocycles. The van der Waals surface area contributed by atoms with Gasteiger partial charge in [0.1, 0.15) is 34.0 Å². The Morgan fingerprint density at radius 2 is 1.93 bits per heavy atom. The van der Waals surface area contributed by atoms with E-state index >= 15 is 0 Å². The third-order valence-corrected chi connectivity index (χ3v) is 9.29. The van der Waals surface area contributed by atoms with Gasteiger partial charge in [0.15, 0.2) is 18.5 Å². The topological polar surface area (TPSA) is 144 Å². The normalized spacial score (nSPS) is 19.1. The van der Waals surface area contributed by atoms with E-state index in [2.05, 4.69) is 10.3 Å². The summed E-state index contributed by atoms with van der Waals surface area (Å²) in [5, 5.41) is 31.2. The van der Waals surface area contributed by atoms with Crippen LogP contribution >= 0.6 is 58.9 Å². The standard InChI is InChI=1S/C25H24Cl2N4O6S3/c26-17-8-13(9-18(27)28-17)10-19(38)29-20-22(33)31-21(25(36)37)14(12-40-23(20)31)11-39-15-3-6-30(7-4-15)5-1-2-16(32)24(34)35/h3-4,6-9,16,20,23,32H,1-2,5,10-12H2,(H2-,29,34,35,36,37,38)/p+1/t16-,20-,23-/m1/s1. The molecule has 0 saturated carbocycles. The number of halogens is 2. The first-order valence-electron chi connectivity index (χ1n) is 12.1. The van der Waals surface area contributed by atoms with Crippen molar-refractivity contribution in [1.82, 2.24) is 15.2 Å². The molecule has 1 saturated heterocycles. The molecular formula is C25H25Cl2N4O6S3+. The molecule has 40 heavy (non-hydrogen) atoms. The summed E-state index contributed by atoms with van der Waals surface area (Å²) in [7, 11) is 0. The predicted molar refractivity (Wildman–Crippen MR) is 155 cm³/mol. The summed E-state index contributed by atoms with van der Waals surface area (Å²) < 4.78 is 1.88. The number of aliphatic carboxylic acids is 2. The van der Waals surface area contributed by atoms with E-state index in [0.29, 0.717) is 41.5 Å². The number of aliphatic hydroxyl groups excluding tert-OH is 1. The highest BCUT2D eigenvalue weighted by Crippen LogP contribution is 2.41. The summed E-state index contributed by atoms with van der Waals surface area (Å²) in [6.07, 6.45) is 3.31. The number of thiocarbonyl (C=S) groups is 1. The van der Waals surface area contributed by atoms with Crippen molar-refractivity contribution in [2.24, 2.45) is 0 Å². The van der Waals surface area contributed by atoms with Crippen molar-refractivity contribution >= 4 is 81.8 Å². The maximum atomic E-state index is 13.0. The van der Waals surface area contributed by atoms with E-state index in [-0.39, 0.29) is 33.7 Å². The number of rotatable bonds is 12. The lowest BCUT2D eigenvalue weighted by Gasteiger charge is -2.49. The Kier molecular flexibility index (Phi) is 10.3. The van der Waals surface area contributed by atoms with Gasteiger partial charge in [0.05, 0.1) is 4.99 Å². The Morgan fingerprint density at radius 1 is 1.25 bits per heavy atom. The second-order valence-electron chi connectivity index (χ2n) is 9.07. The average Bonchev–Trinajstić information content (AvgIpc) is 2.89. The van der Waals surface area contributed by atoms with E-state index in [1.165, 1.54) is 28.4 Å². The summed E-state index contributed by atoms with van der Waals surface area (Å²) in [6, 6.07) is 6.42. The number of pyridine rings is 2. The highest BCUT2D eigenvalue weighted by Gasteiger charge is 2.53. The van der Waals surface area contributed by atoms with E-state index in [9.17, 15) is 24.6 Å².